The molecule has 2 aromatic rings. The molecule has 2 heterocycles. The number of nitrogens with one attached hydrogen (secondary N) is 1. The SMILES string of the molecule is Cn1cncc1-c1n[nH]c(CCN)n1. The van der Waals surface area contributed by atoms with E-state index in [4.69, 9.17) is 5.73 Å². The maximum atomic E-state index is 5.41. The molecule has 6 nitrogen and oxygen atoms in total. The number of hydrogen-bond acceptors (Lipinski definition) is 4. The molecule has 3 N–H and O–H groups in total. The van der Waals surface area contributed by atoms with Crippen molar-refractivity contribution in [1.29, 1.82) is 0 Å². The van der Waals surface area contributed by atoms with E-state index < -0.39 is 0 Å². The van der Waals surface area contributed by atoms with E-state index in [0.717, 1.165) is 11.5 Å². The largest absolute Gasteiger partial charge is 0.331 e. The summed E-state index contributed by atoms with van der Waals surface area (Å²) >= 11 is 0. The van der Waals surface area contributed by atoms with Crippen molar-refractivity contribution in [3.63, 3.8) is 0 Å². The Kier molecular flexibility index (Phi) is 2.28. The number of H-pyrrole nitrogens is 1. The molecule has 6 heteroatoms. The number of aromatic amines is 1. The Labute approximate surface area is 81.2 Å². The maximum absolute atomic E-state index is 5.41. The Morgan fingerprint density at radius 1 is 1.57 bits per heavy atom. The fourth-order valence-corrected chi connectivity index (χ4v) is 1.23. The first-order chi connectivity index (χ1) is 6.81. The minimum Gasteiger partial charge on any atom is -0.331 e. The summed E-state index contributed by atoms with van der Waals surface area (Å²) in [6, 6.07) is 0. The summed E-state index contributed by atoms with van der Waals surface area (Å²) in [6.07, 6.45) is 4.16. The Bertz CT molecular complexity index is 415. The summed E-state index contributed by atoms with van der Waals surface area (Å²) in [5, 5.41) is 6.93. The Balaban J connectivity index is 2.29. The quantitative estimate of drug-likeness (QED) is 0.699. The van der Waals surface area contributed by atoms with Crippen LogP contribution in [0.15, 0.2) is 12.5 Å². The second-order valence-electron chi connectivity index (χ2n) is 3.03. The average Bonchev–Trinajstić information content (AvgIpc) is 2.74. The van der Waals surface area contributed by atoms with Gasteiger partial charge in [0.1, 0.15) is 11.5 Å². The van der Waals surface area contributed by atoms with E-state index in [9.17, 15) is 0 Å². The van der Waals surface area contributed by atoms with Gasteiger partial charge in [-0.15, -0.1) is 0 Å². The van der Waals surface area contributed by atoms with Crippen LogP contribution >= 0.6 is 0 Å². The molecular formula is C8H12N6. The van der Waals surface area contributed by atoms with Gasteiger partial charge in [0, 0.05) is 13.5 Å². The van der Waals surface area contributed by atoms with Crippen LogP contribution in [-0.2, 0) is 13.5 Å². The third-order valence-electron chi connectivity index (χ3n) is 1.96. The van der Waals surface area contributed by atoms with Gasteiger partial charge in [0.25, 0.3) is 0 Å². The third-order valence-corrected chi connectivity index (χ3v) is 1.96. The van der Waals surface area contributed by atoms with Crippen molar-refractivity contribution in [3.05, 3.63) is 18.3 Å². The highest BCUT2D eigenvalue weighted by molar-refractivity contribution is 5.47. The van der Waals surface area contributed by atoms with Crippen molar-refractivity contribution in [3.8, 4) is 11.5 Å². The first-order valence-corrected chi connectivity index (χ1v) is 4.39. The van der Waals surface area contributed by atoms with Gasteiger partial charge < -0.3 is 10.3 Å². The lowest BCUT2D eigenvalue weighted by molar-refractivity contribution is 0.874. The molecule has 0 fully saturated rings. The molecule has 2 aromatic heterocycles. The standard InChI is InChI=1S/C8H12N6/c1-14-5-10-4-6(14)8-11-7(2-3-9)12-13-8/h4-5H,2-3,9H2,1H3,(H,11,12,13). The fourth-order valence-electron chi connectivity index (χ4n) is 1.23. The van der Waals surface area contributed by atoms with Gasteiger partial charge in [-0.25, -0.2) is 9.97 Å². The highest BCUT2D eigenvalue weighted by Crippen LogP contribution is 2.11. The van der Waals surface area contributed by atoms with E-state index in [1.807, 2.05) is 11.6 Å². The summed E-state index contributed by atoms with van der Waals surface area (Å²) < 4.78 is 1.87. The van der Waals surface area contributed by atoms with Gasteiger partial charge in [-0.3, -0.25) is 5.10 Å². The molecule has 0 bridgehead atoms. The number of aromatic nitrogens is 5. The molecule has 0 saturated heterocycles. The van der Waals surface area contributed by atoms with Crippen LogP contribution in [0.3, 0.4) is 0 Å². The molecule has 0 aliphatic heterocycles. The van der Waals surface area contributed by atoms with E-state index in [1.165, 1.54) is 0 Å². The van der Waals surface area contributed by atoms with Gasteiger partial charge >= 0.3 is 0 Å². The van der Waals surface area contributed by atoms with Crippen molar-refractivity contribution in [1.82, 2.24) is 24.7 Å². The second kappa shape index (κ2) is 3.59. The molecule has 0 amide bonds. The van der Waals surface area contributed by atoms with E-state index >= 15 is 0 Å². The van der Waals surface area contributed by atoms with E-state index in [-0.39, 0.29) is 0 Å². The zero-order valence-electron chi connectivity index (χ0n) is 7.94. The molecule has 0 saturated carbocycles. The van der Waals surface area contributed by atoms with Crippen molar-refractivity contribution < 1.29 is 0 Å². The first-order valence-electron chi connectivity index (χ1n) is 4.39. The number of nitrogens with two attached hydrogens (primary N) is 1. The monoisotopic (exact) mass is 192 g/mol. The lowest BCUT2D eigenvalue weighted by Gasteiger charge is -1.93. The molecule has 0 radical (unpaired) electrons. The van der Waals surface area contributed by atoms with Gasteiger partial charge in [-0.05, 0) is 6.54 Å². The highest BCUT2D eigenvalue weighted by atomic mass is 15.2. The Hall–Kier alpha value is -1.69. The Morgan fingerprint density at radius 2 is 2.43 bits per heavy atom. The molecule has 0 spiro atoms. The van der Waals surface area contributed by atoms with Gasteiger partial charge in [-0.1, -0.05) is 0 Å². The fraction of sp³-hybridized carbons (Fsp3) is 0.375. The smallest absolute Gasteiger partial charge is 0.199 e. The van der Waals surface area contributed by atoms with Gasteiger partial charge in [0.15, 0.2) is 5.82 Å². The maximum Gasteiger partial charge on any atom is 0.199 e. The molecule has 0 aliphatic carbocycles. The lowest BCUT2D eigenvalue weighted by Crippen LogP contribution is -2.03. The topological polar surface area (TPSA) is 85.4 Å². The zero-order chi connectivity index (χ0) is 9.97. The van der Waals surface area contributed by atoms with E-state index in [1.54, 1.807) is 12.5 Å². The second-order valence-corrected chi connectivity index (χ2v) is 3.03. The summed E-state index contributed by atoms with van der Waals surface area (Å²) in [5.41, 5.74) is 6.31. The first kappa shape index (κ1) is 8.89. The average molecular weight is 192 g/mol. The summed E-state index contributed by atoms with van der Waals surface area (Å²) in [7, 11) is 1.90. The summed E-state index contributed by atoms with van der Waals surface area (Å²) in [5.74, 6) is 1.47. The molecule has 0 aromatic carbocycles. The van der Waals surface area contributed by atoms with Crippen molar-refractivity contribution in [2.24, 2.45) is 12.8 Å². The van der Waals surface area contributed by atoms with Crippen LogP contribution in [0.25, 0.3) is 11.5 Å². The van der Waals surface area contributed by atoms with Crippen LogP contribution in [0.1, 0.15) is 5.82 Å². The van der Waals surface area contributed by atoms with Crippen molar-refractivity contribution >= 4 is 0 Å². The van der Waals surface area contributed by atoms with Crippen molar-refractivity contribution in [2.75, 3.05) is 6.54 Å². The lowest BCUT2D eigenvalue weighted by atomic mass is 10.4. The van der Waals surface area contributed by atoms with Crippen LogP contribution in [0, 0.1) is 0 Å². The molecular weight excluding hydrogens is 180 g/mol. The summed E-state index contributed by atoms with van der Waals surface area (Å²) in [6.45, 7) is 0.569. The normalized spacial score (nSPS) is 10.7. The molecule has 0 atom stereocenters. The van der Waals surface area contributed by atoms with Gasteiger partial charge in [-0.2, -0.15) is 5.10 Å². The van der Waals surface area contributed by atoms with Crippen LogP contribution in [0.4, 0.5) is 0 Å². The number of aryl methyl sites for hydroxylation is 1. The van der Waals surface area contributed by atoms with Crippen LogP contribution < -0.4 is 5.73 Å². The summed E-state index contributed by atoms with van der Waals surface area (Å²) in [4.78, 5) is 8.29. The molecule has 0 unspecified atom stereocenters. The minimum absolute atomic E-state index is 0.569. The zero-order valence-corrected chi connectivity index (χ0v) is 7.94. The molecule has 74 valence electrons. The van der Waals surface area contributed by atoms with Crippen LogP contribution in [-0.4, -0.2) is 31.3 Å². The van der Waals surface area contributed by atoms with E-state index in [2.05, 4.69) is 20.2 Å². The minimum atomic E-state index is 0.569. The predicted octanol–water partition coefficient (Wildman–Crippen LogP) is -0.294. The number of rotatable bonds is 3. The van der Waals surface area contributed by atoms with Gasteiger partial charge in [0.05, 0.1) is 12.5 Å². The number of imidazole rings is 1. The number of nitrogens with zero attached hydrogens (tertiary/aromatic N) is 4. The van der Waals surface area contributed by atoms with E-state index in [0.29, 0.717) is 18.8 Å². The van der Waals surface area contributed by atoms with Crippen LogP contribution in [0.5, 0.6) is 0 Å². The Morgan fingerprint density at radius 3 is 3.07 bits per heavy atom. The molecule has 14 heavy (non-hydrogen) atoms. The van der Waals surface area contributed by atoms with Crippen molar-refractivity contribution in [2.45, 2.75) is 6.42 Å². The number of hydrogen-bond donors (Lipinski definition) is 2. The third kappa shape index (κ3) is 1.51. The van der Waals surface area contributed by atoms with Crippen LogP contribution in [0.2, 0.25) is 0 Å². The highest BCUT2D eigenvalue weighted by Gasteiger charge is 2.08. The molecule has 2 rings (SSSR count). The molecule has 0 aliphatic rings. The predicted molar refractivity (Wildman–Crippen MR) is 51.3 cm³/mol. The van der Waals surface area contributed by atoms with Gasteiger partial charge in [0.2, 0.25) is 0 Å².